The lowest BCUT2D eigenvalue weighted by Gasteiger charge is -2.37. The molecule has 1 aliphatic heterocycles. The lowest BCUT2D eigenvalue weighted by Crippen LogP contribution is -2.52. The highest BCUT2D eigenvalue weighted by Gasteiger charge is 2.36. The van der Waals surface area contributed by atoms with E-state index in [2.05, 4.69) is 20.3 Å². The molecule has 2 heterocycles. The van der Waals surface area contributed by atoms with Crippen LogP contribution in [-0.2, 0) is 19.8 Å². The first-order chi connectivity index (χ1) is 13.3. The monoisotopic (exact) mass is 526 g/mol. The third-order valence-corrected chi connectivity index (χ3v) is 4.59. The Morgan fingerprint density at radius 3 is 2.31 bits per heavy atom. The van der Waals surface area contributed by atoms with Gasteiger partial charge >= 0.3 is 6.18 Å². The Hall–Kier alpha value is -2.05. The summed E-state index contributed by atoms with van der Waals surface area (Å²) in [5.41, 5.74) is 0.120. The number of alkyl halides is 3. The Morgan fingerprint density at radius 1 is 1.14 bits per heavy atom. The summed E-state index contributed by atoms with van der Waals surface area (Å²) < 4.78 is 53.5. The van der Waals surface area contributed by atoms with Crippen molar-refractivity contribution in [2.45, 2.75) is 12.7 Å². The van der Waals surface area contributed by atoms with Crippen LogP contribution in [0.3, 0.4) is 0 Å². The molecule has 1 aromatic carbocycles. The van der Waals surface area contributed by atoms with Crippen molar-refractivity contribution in [1.82, 2.24) is 20.0 Å². The maximum atomic E-state index is 13.1. The molecule has 0 bridgehead atoms. The lowest BCUT2D eigenvalue weighted by atomic mass is 10.2. The van der Waals surface area contributed by atoms with E-state index in [1.165, 1.54) is 25.4 Å². The summed E-state index contributed by atoms with van der Waals surface area (Å²) in [6.07, 6.45) is -3.14. The fourth-order valence-electron chi connectivity index (χ4n) is 3.24. The summed E-state index contributed by atoms with van der Waals surface area (Å²) in [6.45, 7) is 2.68. The van der Waals surface area contributed by atoms with Crippen LogP contribution >= 0.6 is 24.0 Å². The van der Waals surface area contributed by atoms with Gasteiger partial charge in [0.25, 0.3) is 0 Å². The molecule has 1 N–H and O–H groups in total. The van der Waals surface area contributed by atoms with Gasteiger partial charge in [-0.25, -0.2) is 4.39 Å². The van der Waals surface area contributed by atoms with Crippen molar-refractivity contribution >= 4 is 35.6 Å². The zero-order chi connectivity index (χ0) is 20.3. The normalized spacial score (nSPS) is 15.3. The van der Waals surface area contributed by atoms with Crippen LogP contribution in [0.15, 0.2) is 35.5 Å². The first-order valence-corrected chi connectivity index (χ1v) is 8.84. The van der Waals surface area contributed by atoms with Gasteiger partial charge in [-0.1, -0.05) is 0 Å². The van der Waals surface area contributed by atoms with Crippen molar-refractivity contribution in [3.8, 4) is 0 Å². The van der Waals surface area contributed by atoms with Crippen LogP contribution in [0.2, 0.25) is 0 Å². The van der Waals surface area contributed by atoms with Crippen molar-refractivity contribution < 1.29 is 17.6 Å². The number of rotatable bonds is 3. The number of piperazine rings is 1. The number of aliphatic imine (C=N–C) groups is 1. The third-order valence-electron chi connectivity index (χ3n) is 4.59. The van der Waals surface area contributed by atoms with E-state index in [0.29, 0.717) is 32.1 Å². The fourth-order valence-corrected chi connectivity index (χ4v) is 3.24. The second-order valence-corrected chi connectivity index (χ2v) is 6.53. The van der Waals surface area contributed by atoms with Crippen LogP contribution in [0.4, 0.5) is 23.2 Å². The van der Waals surface area contributed by atoms with Crippen LogP contribution < -0.4 is 10.2 Å². The van der Waals surface area contributed by atoms with Gasteiger partial charge in [-0.15, -0.1) is 24.0 Å². The lowest BCUT2D eigenvalue weighted by molar-refractivity contribution is -0.142. The van der Waals surface area contributed by atoms with Gasteiger partial charge in [-0.05, 0) is 24.3 Å². The van der Waals surface area contributed by atoms with Gasteiger partial charge in [0.05, 0.1) is 0 Å². The largest absolute Gasteiger partial charge is 0.435 e. The molecule has 6 nitrogen and oxygen atoms in total. The van der Waals surface area contributed by atoms with Gasteiger partial charge < -0.3 is 15.1 Å². The first-order valence-electron chi connectivity index (χ1n) is 8.84. The number of nitrogens with one attached hydrogen (secondary N) is 1. The molecule has 1 fully saturated rings. The Bertz CT molecular complexity index is 826. The molecule has 0 saturated carbocycles. The molecule has 0 aliphatic carbocycles. The highest BCUT2D eigenvalue weighted by molar-refractivity contribution is 14.0. The molecule has 1 aromatic heterocycles. The summed E-state index contributed by atoms with van der Waals surface area (Å²) in [6, 6.07) is 6.32. The smallest absolute Gasteiger partial charge is 0.368 e. The number of aryl methyl sites for hydroxylation is 1. The average molecular weight is 526 g/mol. The zero-order valence-electron chi connectivity index (χ0n) is 16.1. The van der Waals surface area contributed by atoms with E-state index in [9.17, 15) is 17.6 Å². The SMILES string of the molecule is CN=C(NCc1cn(C)nc1C(F)(F)F)N1CCN(c2ccc(F)cc2)CC1.I. The summed E-state index contributed by atoms with van der Waals surface area (Å²) in [5, 5.41) is 6.51. The van der Waals surface area contributed by atoms with Crippen molar-refractivity contribution in [2.24, 2.45) is 12.0 Å². The molecule has 3 rings (SSSR count). The van der Waals surface area contributed by atoms with Gasteiger partial charge in [0.2, 0.25) is 0 Å². The van der Waals surface area contributed by atoms with Gasteiger partial charge in [-0.2, -0.15) is 18.3 Å². The number of halogens is 5. The number of hydrogen-bond donors (Lipinski definition) is 1. The highest BCUT2D eigenvalue weighted by atomic mass is 127. The van der Waals surface area contributed by atoms with E-state index >= 15 is 0 Å². The molecule has 0 radical (unpaired) electrons. The number of anilines is 1. The summed E-state index contributed by atoms with van der Waals surface area (Å²) >= 11 is 0. The summed E-state index contributed by atoms with van der Waals surface area (Å²) in [4.78, 5) is 8.31. The molecule has 11 heteroatoms. The predicted molar refractivity (Wildman–Crippen MR) is 114 cm³/mol. The number of guanidine groups is 1. The molecule has 1 saturated heterocycles. The molecule has 0 unspecified atom stereocenters. The van der Waals surface area contributed by atoms with Crippen molar-refractivity contribution in [2.75, 3.05) is 38.1 Å². The van der Waals surface area contributed by atoms with E-state index in [1.54, 1.807) is 19.2 Å². The van der Waals surface area contributed by atoms with E-state index in [-0.39, 0.29) is 41.9 Å². The topological polar surface area (TPSA) is 48.7 Å². The van der Waals surface area contributed by atoms with Crippen LogP contribution in [0, 0.1) is 5.82 Å². The Morgan fingerprint density at radius 2 is 1.76 bits per heavy atom. The van der Waals surface area contributed by atoms with Crippen molar-refractivity contribution in [3.63, 3.8) is 0 Å². The van der Waals surface area contributed by atoms with E-state index < -0.39 is 11.9 Å². The van der Waals surface area contributed by atoms with E-state index in [4.69, 9.17) is 0 Å². The maximum Gasteiger partial charge on any atom is 0.435 e. The highest BCUT2D eigenvalue weighted by Crippen LogP contribution is 2.30. The minimum atomic E-state index is -4.50. The fraction of sp³-hybridized carbons (Fsp3) is 0.444. The number of hydrogen-bond acceptors (Lipinski definition) is 3. The third kappa shape index (κ3) is 5.73. The quantitative estimate of drug-likeness (QED) is 0.289. The van der Waals surface area contributed by atoms with Crippen molar-refractivity contribution in [1.29, 1.82) is 0 Å². The van der Waals surface area contributed by atoms with Gasteiger partial charge in [0, 0.05) is 64.3 Å². The van der Waals surface area contributed by atoms with E-state index in [1.807, 2.05) is 4.90 Å². The van der Waals surface area contributed by atoms with Crippen LogP contribution in [0.25, 0.3) is 0 Å². The van der Waals surface area contributed by atoms with Gasteiger partial charge in [0.1, 0.15) is 5.82 Å². The molecule has 0 atom stereocenters. The summed E-state index contributed by atoms with van der Waals surface area (Å²) in [7, 11) is 3.06. The Kier molecular flexibility index (Phi) is 7.72. The van der Waals surface area contributed by atoms with Crippen LogP contribution in [-0.4, -0.2) is 53.9 Å². The minimum Gasteiger partial charge on any atom is -0.368 e. The standard InChI is InChI=1S/C18H22F4N6.HI/c1-23-17(24-11-13-12-26(2)25-16(13)18(20,21)22)28-9-7-27(8-10-28)15-5-3-14(19)4-6-15;/h3-6,12H,7-11H2,1-2H3,(H,23,24);1H. The van der Waals surface area contributed by atoms with E-state index in [0.717, 1.165) is 10.4 Å². The van der Waals surface area contributed by atoms with Crippen molar-refractivity contribution in [3.05, 3.63) is 47.5 Å². The second kappa shape index (κ2) is 9.63. The summed E-state index contributed by atoms with van der Waals surface area (Å²) in [5.74, 6) is 0.261. The maximum absolute atomic E-state index is 13.1. The molecular formula is C18H23F4IN6. The van der Waals surface area contributed by atoms with Crippen LogP contribution in [0.5, 0.6) is 0 Å². The second-order valence-electron chi connectivity index (χ2n) is 6.53. The zero-order valence-corrected chi connectivity index (χ0v) is 18.4. The van der Waals surface area contributed by atoms with Gasteiger partial charge in [0.15, 0.2) is 11.7 Å². The minimum absolute atomic E-state index is 0. The predicted octanol–water partition coefficient (Wildman–Crippen LogP) is 3.09. The van der Waals surface area contributed by atoms with Gasteiger partial charge in [-0.3, -0.25) is 9.67 Å². The number of benzene rings is 1. The molecule has 0 amide bonds. The molecule has 160 valence electrons. The molecule has 2 aromatic rings. The average Bonchev–Trinajstić information content (AvgIpc) is 3.05. The molecule has 29 heavy (non-hydrogen) atoms. The molecular weight excluding hydrogens is 503 g/mol. The Labute approximate surface area is 183 Å². The molecule has 1 aliphatic rings. The number of nitrogens with zero attached hydrogens (tertiary/aromatic N) is 5. The number of aromatic nitrogens is 2. The first kappa shape index (κ1) is 23.2. The Balaban J connectivity index is 0.00000300. The molecule has 0 spiro atoms. The van der Waals surface area contributed by atoms with Crippen LogP contribution in [0.1, 0.15) is 11.3 Å².